The molecule has 1 heterocycles. The molecule has 128 valence electrons. The van der Waals surface area contributed by atoms with E-state index in [-0.39, 0.29) is 17.1 Å². The number of rotatable bonds is 5. The average Bonchev–Trinajstić information content (AvgIpc) is 3.07. The minimum atomic E-state index is -2.97. The number of hydrogen-bond acceptors (Lipinski definition) is 3. The van der Waals surface area contributed by atoms with Crippen LogP contribution >= 0.6 is 0 Å². The molecule has 7 heteroatoms. The fraction of sp³-hybridized carbons (Fsp3) is 0.111. The highest BCUT2D eigenvalue weighted by atomic mass is 19.3. The van der Waals surface area contributed by atoms with Crippen LogP contribution in [0.5, 0.6) is 5.75 Å². The molecule has 0 fully saturated rings. The molecule has 0 radical (unpaired) electrons. The molecule has 3 rings (SSSR count). The van der Waals surface area contributed by atoms with Gasteiger partial charge in [0.15, 0.2) is 0 Å². The predicted octanol–water partition coefficient (Wildman–Crippen LogP) is 4.24. The summed E-state index contributed by atoms with van der Waals surface area (Å²) in [6.45, 7) is -0.995. The lowest BCUT2D eigenvalue weighted by molar-refractivity contribution is -0.0493. The van der Waals surface area contributed by atoms with Crippen molar-refractivity contribution in [3.8, 4) is 17.0 Å². The number of nitrogens with zero attached hydrogens (tertiary/aromatic N) is 1. The zero-order chi connectivity index (χ0) is 17.8. The minimum Gasteiger partial charge on any atom is -0.433 e. The highest BCUT2D eigenvalue weighted by Crippen LogP contribution is 2.26. The number of halogens is 2. The molecule has 2 aromatic carbocycles. The van der Waals surface area contributed by atoms with Gasteiger partial charge in [-0.3, -0.25) is 9.89 Å². The summed E-state index contributed by atoms with van der Waals surface area (Å²) in [5.41, 5.74) is 2.96. The van der Waals surface area contributed by atoms with E-state index in [1.165, 1.54) is 12.1 Å². The van der Waals surface area contributed by atoms with Crippen LogP contribution < -0.4 is 10.1 Å². The molecule has 0 unspecified atom stereocenters. The Balaban J connectivity index is 1.78. The number of benzene rings is 2. The smallest absolute Gasteiger partial charge is 0.387 e. The van der Waals surface area contributed by atoms with Gasteiger partial charge in [0.2, 0.25) is 0 Å². The minimum absolute atomic E-state index is 0.107. The van der Waals surface area contributed by atoms with Crippen LogP contribution in [-0.4, -0.2) is 22.7 Å². The fourth-order valence-corrected chi connectivity index (χ4v) is 2.27. The number of para-hydroxylation sites is 2. The summed E-state index contributed by atoms with van der Waals surface area (Å²) >= 11 is 0. The lowest BCUT2D eigenvalue weighted by atomic mass is 10.1. The van der Waals surface area contributed by atoms with Crippen LogP contribution in [0.25, 0.3) is 11.3 Å². The lowest BCUT2D eigenvalue weighted by Gasteiger charge is -2.10. The molecular weight excluding hydrogens is 328 g/mol. The van der Waals surface area contributed by atoms with Crippen molar-refractivity contribution in [3.63, 3.8) is 0 Å². The van der Waals surface area contributed by atoms with Gasteiger partial charge in [0, 0.05) is 5.56 Å². The highest BCUT2D eigenvalue weighted by Gasteiger charge is 2.15. The van der Waals surface area contributed by atoms with Crippen molar-refractivity contribution in [1.82, 2.24) is 10.2 Å². The van der Waals surface area contributed by atoms with Crippen LogP contribution in [0.15, 0.2) is 54.6 Å². The molecule has 5 nitrogen and oxygen atoms in total. The first-order valence-electron chi connectivity index (χ1n) is 7.50. The van der Waals surface area contributed by atoms with Gasteiger partial charge in [-0.15, -0.1) is 0 Å². The molecule has 1 amide bonds. The number of carbonyl (C=O) groups is 1. The lowest BCUT2D eigenvalue weighted by Crippen LogP contribution is -2.14. The van der Waals surface area contributed by atoms with Crippen molar-refractivity contribution < 1.29 is 18.3 Å². The van der Waals surface area contributed by atoms with Gasteiger partial charge in [-0.1, -0.05) is 42.0 Å². The topological polar surface area (TPSA) is 67.0 Å². The molecule has 0 aliphatic carbocycles. The number of carbonyl (C=O) groups excluding carboxylic acids is 1. The van der Waals surface area contributed by atoms with E-state index in [1.807, 2.05) is 31.2 Å². The fourth-order valence-electron chi connectivity index (χ4n) is 2.27. The first kappa shape index (κ1) is 16.6. The van der Waals surface area contributed by atoms with E-state index < -0.39 is 12.5 Å². The van der Waals surface area contributed by atoms with Gasteiger partial charge in [-0.05, 0) is 25.1 Å². The van der Waals surface area contributed by atoms with Crippen molar-refractivity contribution in [2.45, 2.75) is 13.5 Å². The van der Waals surface area contributed by atoms with Crippen LogP contribution in [-0.2, 0) is 0 Å². The zero-order valence-corrected chi connectivity index (χ0v) is 13.3. The monoisotopic (exact) mass is 343 g/mol. The van der Waals surface area contributed by atoms with Crippen LogP contribution in [0, 0.1) is 6.92 Å². The average molecular weight is 343 g/mol. The highest BCUT2D eigenvalue weighted by molar-refractivity contribution is 6.04. The van der Waals surface area contributed by atoms with Crippen molar-refractivity contribution in [3.05, 3.63) is 65.9 Å². The van der Waals surface area contributed by atoms with E-state index in [0.29, 0.717) is 5.69 Å². The van der Waals surface area contributed by atoms with E-state index >= 15 is 0 Å². The number of anilines is 1. The van der Waals surface area contributed by atoms with Gasteiger partial charge >= 0.3 is 6.61 Å². The van der Waals surface area contributed by atoms with Gasteiger partial charge < -0.3 is 10.1 Å². The van der Waals surface area contributed by atoms with Crippen LogP contribution in [0.4, 0.5) is 14.5 Å². The number of alkyl halides is 2. The first-order chi connectivity index (χ1) is 12.0. The van der Waals surface area contributed by atoms with Gasteiger partial charge in [0.25, 0.3) is 5.91 Å². The van der Waals surface area contributed by atoms with Crippen LogP contribution in [0.3, 0.4) is 0 Å². The molecule has 25 heavy (non-hydrogen) atoms. The van der Waals surface area contributed by atoms with E-state index in [1.54, 1.807) is 18.2 Å². The van der Waals surface area contributed by atoms with Crippen molar-refractivity contribution in [1.29, 1.82) is 0 Å². The number of ether oxygens (including phenoxy) is 1. The Hall–Kier alpha value is -3.22. The number of nitrogens with one attached hydrogen (secondary N) is 2. The Labute approximate surface area is 142 Å². The standard InChI is InChI=1S/C18H15F2N3O2/c1-11-6-8-12(9-7-11)14-10-15(23-22-14)17(24)21-13-4-2-3-5-16(13)25-18(19)20/h2-10,18H,1H3,(H,21,24)(H,22,23). The van der Waals surface area contributed by atoms with Gasteiger partial charge in [0.1, 0.15) is 11.4 Å². The molecule has 1 aromatic heterocycles. The molecule has 0 spiro atoms. The third-order valence-electron chi connectivity index (χ3n) is 3.52. The second kappa shape index (κ2) is 7.12. The van der Waals surface area contributed by atoms with Gasteiger partial charge in [-0.25, -0.2) is 0 Å². The quantitative estimate of drug-likeness (QED) is 0.728. The summed E-state index contributed by atoms with van der Waals surface area (Å²) in [7, 11) is 0. The summed E-state index contributed by atoms with van der Waals surface area (Å²) in [6, 6.07) is 15.3. The predicted molar refractivity (Wildman–Crippen MR) is 89.8 cm³/mol. The normalized spacial score (nSPS) is 10.7. The second-order valence-corrected chi connectivity index (χ2v) is 5.36. The number of H-pyrrole nitrogens is 1. The molecular formula is C18H15F2N3O2. The SMILES string of the molecule is Cc1ccc(-c2cc(C(=O)Nc3ccccc3OC(F)F)[nH]n2)cc1. The van der Waals surface area contributed by atoms with E-state index in [4.69, 9.17) is 0 Å². The number of aromatic amines is 1. The molecule has 3 aromatic rings. The third kappa shape index (κ3) is 4.00. The number of amides is 1. The Morgan fingerprint density at radius 3 is 2.60 bits per heavy atom. The van der Waals surface area contributed by atoms with Crippen molar-refractivity contribution in [2.75, 3.05) is 5.32 Å². The summed E-state index contributed by atoms with van der Waals surface area (Å²) in [5, 5.41) is 9.30. The third-order valence-corrected chi connectivity index (χ3v) is 3.52. The number of aryl methyl sites for hydroxylation is 1. The number of hydrogen-bond donors (Lipinski definition) is 2. The zero-order valence-electron chi connectivity index (χ0n) is 13.3. The van der Waals surface area contributed by atoms with Gasteiger partial charge in [-0.2, -0.15) is 13.9 Å². The molecule has 0 aliphatic rings. The Morgan fingerprint density at radius 2 is 1.88 bits per heavy atom. The summed E-state index contributed by atoms with van der Waals surface area (Å²) < 4.78 is 29.3. The second-order valence-electron chi connectivity index (χ2n) is 5.36. The maximum absolute atomic E-state index is 12.4. The first-order valence-corrected chi connectivity index (χ1v) is 7.50. The molecule has 0 aliphatic heterocycles. The molecule has 0 bridgehead atoms. The van der Waals surface area contributed by atoms with E-state index in [9.17, 15) is 13.6 Å². The number of aromatic nitrogens is 2. The Kier molecular flexibility index (Phi) is 4.74. The Morgan fingerprint density at radius 1 is 1.16 bits per heavy atom. The molecule has 0 atom stereocenters. The van der Waals surface area contributed by atoms with Gasteiger partial charge in [0.05, 0.1) is 11.4 Å². The summed E-state index contributed by atoms with van der Waals surface area (Å²) in [4.78, 5) is 12.3. The van der Waals surface area contributed by atoms with Crippen LogP contribution in [0.2, 0.25) is 0 Å². The van der Waals surface area contributed by atoms with Crippen molar-refractivity contribution >= 4 is 11.6 Å². The van der Waals surface area contributed by atoms with E-state index in [2.05, 4.69) is 20.3 Å². The molecule has 0 saturated heterocycles. The maximum Gasteiger partial charge on any atom is 0.387 e. The van der Waals surface area contributed by atoms with E-state index in [0.717, 1.165) is 11.1 Å². The Bertz CT molecular complexity index is 876. The van der Waals surface area contributed by atoms with Crippen LogP contribution in [0.1, 0.15) is 16.1 Å². The summed E-state index contributed by atoms with van der Waals surface area (Å²) in [6.07, 6.45) is 0. The molecule has 2 N–H and O–H groups in total. The maximum atomic E-state index is 12.4. The summed E-state index contributed by atoms with van der Waals surface area (Å²) in [5.74, 6) is -0.611. The molecule has 0 saturated carbocycles. The largest absolute Gasteiger partial charge is 0.433 e. The van der Waals surface area contributed by atoms with Crippen molar-refractivity contribution in [2.24, 2.45) is 0 Å².